The van der Waals surface area contributed by atoms with Crippen LogP contribution >= 0.6 is 11.6 Å². The Kier molecular flexibility index (Phi) is 5.96. The SMILES string of the molecule is O=[N+]([O-])c1cccnc1N/N=C\c1ccccc1OCc1ccc(Cl)cc1. The van der Waals surface area contributed by atoms with Crippen molar-refractivity contribution in [1.29, 1.82) is 0 Å². The van der Waals surface area contributed by atoms with Crippen molar-refractivity contribution < 1.29 is 9.66 Å². The van der Waals surface area contributed by atoms with E-state index < -0.39 is 4.92 Å². The molecule has 0 amide bonds. The van der Waals surface area contributed by atoms with Crippen molar-refractivity contribution >= 4 is 29.3 Å². The quantitative estimate of drug-likeness (QED) is 0.364. The molecule has 136 valence electrons. The molecule has 0 aliphatic carbocycles. The van der Waals surface area contributed by atoms with Crippen LogP contribution in [0.15, 0.2) is 72.0 Å². The van der Waals surface area contributed by atoms with Gasteiger partial charge in [-0.1, -0.05) is 35.9 Å². The number of aromatic nitrogens is 1. The number of halogens is 1. The summed E-state index contributed by atoms with van der Waals surface area (Å²) >= 11 is 5.88. The second-order valence-corrected chi connectivity index (χ2v) is 5.89. The molecule has 7 nitrogen and oxygen atoms in total. The van der Waals surface area contributed by atoms with Crippen LogP contribution in [-0.2, 0) is 6.61 Å². The van der Waals surface area contributed by atoms with Crippen molar-refractivity contribution in [1.82, 2.24) is 4.98 Å². The summed E-state index contributed by atoms with van der Waals surface area (Å²) in [6.45, 7) is 0.376. The Hall–Kier alpha value is -3.45. The molecule has 0 radical (unpaired) electrons. The number of nitro groups is 1. The van der Waals surface area contributed by atoms with Gasteiger partial charge in [-0.05, 0) is 35.9 Å². The molecular weight excluding hydrogens is 368 g/mol. The van der Waals surface area contributed by atoms with Gasteiger partial charge in [-0.25, -0.2) is 4.98 Å². The highest BCUT2D eigenvalue weighted by molar-refractivity contribution is 6.30. The first-order chi connectivity index (χ1) is 13.1. The van der Waals surface area contributed by atoms with Crippen LogP contribution in [0.5, 0.6) is 5.75 Å². The maximum absolute atomic E-state index is 11.0. The number of nitrogens with zero attached hydrogens (tertiary/aromatic N) is 3. The second-order valence-electron chi connectivity index (χ2n) is 5.45. The Morgan fingerprint density at radius 1 is 1.15 bits per heavy atom. The van der Waals surface area contributed by atoms with Crippen LogP contribution in [0.1, 0.15) is 11.1 Å². The number of rotatable bonds is 7. The molecule has 1 aromatic heterocycles. The van der Waals surface area contributed by atoms with Gasteiger partial charge in [0.15, 0.2) is 0 Å². The predicted molar refractivity (Wildman–Crippen MR) is 104 cm³/mol. The lowest BCUT2D eigenvalue weighted by Crippen LogP contribution is -2.01. The number of ether oxygens (including phenoxy) is 1. The van der Waals surface area contributed by atoms with E-state index in [4.69, 9.17) is 16.3 Å². The van der Waals surface area contributed by atoms with E-state index in [9.17, 15) is 10.1 Å². The average molecular weight is 383 g/mol. The maximum Gasteiger partial charge on any atom is 0.313 e. The number of para-hydroxylation sites is 1. The van der Waals surface area contributed by atoms with Crippen LogP contribution in [0.2, 0.25) is 5.02 Å². The third-order valence-corrected chi connectivity index (χ3v) is 3.84. The summed E-state index contributed by atoms with van der Waals surface area (Å²) in [6.07, 6.45) is 2.98. The lowest BCUT2D eigenvalue weighted by Gasteiger charge is -2.09. The lowest BCUT2D eigenvalue weighted by atomic mass is 10.2. The molecule has 8 heteroatoms. The fourth-order valence-corrected chi connectivity index (χ4v) is 2.38. The van der Waals surface area contributed by atoms with Crippen LogP contribution in [-0.4, -0.2) is 16.1 Å². The van der Waals surface area contributed by atoms with Crippen molar-refractivity contribution in [2.75, 3.05) is 5.43 Å². The molecule has 3 rings (SSSR count). The standard InChI is InChI=1S/C19H15ClN4O3/c20-16-9-7-14(8-10-16)13-27-18-6-2-1-4-15(18)12-22-23-19-17(24(25)26)5-3-11-21-19/h1-12H,13H2,(H,21,23)/b22-12-. The van der Waals surface area contributed by atoms with Crippen LogP contribution in [0.4, 0.5) is 11.5 Å². The Bertz CT molecular complexity index is 961. The lowest BCUT2D eigenvalue weighted by molar-refractivity contribution is -0.384. The third kappa shape index (κ3) is 5.02. The van der Waals surface area contributed by atoms with E-state index in [1.165, 1.54) is 24.5 Å². The van der Waals surface area contributed by atoms with E-state index >= 15 is 0 Å². The Balaban J connectivity index is 1.69. The Morgan fingerprint density at radius 2 is 1.93 bits per heavy atom. The largest absolute Gasteiger partial charge is 0.488 e. The first kappa shape index (κ1) is 18.3. The topological polar surface area (TPSA) is 89.7 Å². The summed E-state index contributed by atoms with van der Waals surface area (Å²) in [5, 5.41) is 15.7. The van der Waals surface area contributed by atoms with Gasteiger partial charge in [-0.15, -0.1) is 0 Å². The molecule has 0 bridgehead atoms. The first-order valence-corrected chi connectivity index (χ1v) is 8.36. The molecule has 1 heterocycles. The monoisotopic (exact) mass is 382 g/mol. The van der Waals surface area contributed by atoms with Crippen molar-refractivity contribution in [3.8, 4) is 5.75 Å². The number of hydrogen-bond donors (Lipinski definition) is 1. The smallest absolute Gasteiger partial charge is 0.313 e. The molecule has 1 N–H and O–H groups in total. The average Bonchev–Trinajstić information content (AvgIpc) is 2.69. The van der Waals surface area contributed by atoms with Gasteiger partial charge in [-0.2, -0.15) is 5.10 Å². The minimum absolute atomic E-state index is 0.0679. The summed E-state index contributed by atoms with van der Waals surface area (Å²) in [7, 11) is 0. The number of anilines is 1. The van der Waals surface area contributed by atoms with Gasteiger partial charge in [0.05, 0.1) is 11.1 Å². The zero-order valence-corrected chi connectivity index (χ0v) is 14.8. The molecule has 3 aromatic rings. The van der Waals surface area contributed by atoms with Crippen molar-refractivity contribution in [2.24, 2.45) is 5.10 Å². The van der Waals surface area contributed by atoms with Gasteiger partial charge in [0.2, 0.25) is 5.82 Å². The van der Waals surface area contributed by atoms with Gasteiger partial charge >= 0.3 is 5.69 Å². The van der Waals surface area contributed by atoms with E-state index in [0.29, 0.717) is 17.4 Å². The third-order valence-electron chi connectivity index (χ3n) is 3.58. The van der Waals surface area contributed by atoms with Crippen molar-refractivity contribution in [2.45, 2.75) is 6.61 Å². The normalized spacial score (nSPS) is 10.7. The predicted octanol–water partition coefficient (Wildman–Crippen LogP) is 4.67. The second kappa shape index (κ2) is 8.77. The molecule has 0 aliphatic rings. The minimum Gasteiger partial charge on any atom is -0.488 e. The molecule has 0 saturated heterocycles. The maximum atomic E-state index is 11.0. The van der Waals surface area contributed by atoms with E-state index in [0.717, 1.165) is 11.1 Å². The first-order valence-electron chi connectivity index (χ1n) is 7.98. The molecular formula is C19H15ClN4O3. The molecule has 27 heavy (non-hydrogen) atoms. The summed E-state index contributed by atoms with van der Waals surface area (Å²) in [4.78, 5) is 14.4. The molecule has 0 unspecified atom stereocenters. The number of hydrazone groups is 1. The molecule has 0 saturated carbocycles. The Labute approximate surface area is 160 Å². The Morgan fingerprint density at radius 3 is 2.70 bits per heavy atom. The molecule has 0 atom stereocenters. The van der Waals surface area contributed by atoms with Gasteiger partial charge in [0.25, 0.3) is 0 Å². The fraction of sp³-hybridized carbons (Fsp3) is 0.0526. The number of pyridine rings is 1. The highest BCUT2D eigenvalue weighted by Gasteiger charge is 2.13. The van der Waals surface area contributed by atoms with E-state index in [1.807, 2.05) is 36.4 Å². The molecule has 0 fully saturated rings. The molecule has 2 aromatic carbocycles. The van der Waals surface area contributed by atoms with Gasteiger partial charge in [0, 0.05) is 22.8 Å². The highest BCUT2D eigenvalue weighted by atomic mass is 35.5. The van der Waals surface area contributed by atoms with Gasteiger partial charge in [-0.3, -0.25) is 15.5 Å². The van der Waals surface area contributed by atoms with E-state index in [-0.39, 0.29) is 11.5 Å². The number of nitrogens with one attached hydrogen (secondary N) is 1. The van der Waals surface area contributed by atoms with Crippen molar-refractivity contribution in [3.63, 3.8) is 0 Å². The van der Waals surface area contributed by atoms with Crippen LogP contribution in [0.25, 0.3) is 0 Å². The zero-order chi connectivity index (χ0) is 19.1. The highest BCUT2D eigenvalue weighted by Crippen LogP contribution is 2.21. The van der Waals surface area contributed by atoms with Crippen LogP contribution in [0, 0.1) is 10.1 Å². The summed E-state index contributed by atoms with van der Waals surface area (Å²) in [6, 6.07) is 17.6. The van der Waals surface area contributed by atoms with Gasteiger partial charge in [0.1, 0.15) is 12.4 Å². The zero-order valence-electron chi connectivity index (χ0n) is 14.1. The van der Waals surface area contributed by atoms with E-state index in [2.05, 4.69) is 15.5 Å². The summed E-state index contributed by atoms with van der Waals surface area (Å²) in [5.74, 6) is 0.701. The number of hydrogen-bond acceptors (Lipinski definition) is 6. The summed E-state index contributed by atoms with van der Waals surface area (Å²) < 4.78 is 5.84. The minimum atomic E-state index is -0.520. The van der Waals surface area contributed by atoms with Crippen molar-refractivity contribution in [3.05, 3.63) is 93.1 Å². The molecule has 0 aliphatic heterocycles. The number of benzene rings is 2. The fourth-order valence-electron chi connectivity index (χ4n) is 2.25. The van der Waals surface area contributed by atoms with Crippen LogP contribution in [0.3, 0.4) is 0 Å². The summed E-state index contributed by atoms with van der Waals surface area (Å²) in [5.41, 5.74) is 4.15. The molecule has 0 spiro atoms. The van der Waals surface area contributed by atoms with E-state index in [1.54, 1.807) is 12.1 Å². The van der Waals surface area contributed by atoms with Crippen LogP contribution < -0.4 is 10.2 Å². The van der Waals surface area contributed by atoms with Gasteiger partial charge < -0.3 is 4.74 Å².